The third kappa shape index (κ3) is 2.27. The molecule has 2 rings (SSSR count). The maximum atomic E-state index is 9.50. The van der Waals surface area contributed by atoms with E-state index in [1.807, 2.05) is 12.1 Å². The van der Waals surface area contributed by atoms with Crippen LogP contribution in [0.1, 0.15) is 5.76 Å². The summed E-state index contributed by atoms with van der Waals surface area (Å²) in [5, 5.41) is 13.0. The molecule has 0 bridgehead atoms. The van der Waals surface area contributed by atoms with Gasteiger partial charge in [-0.25, -0.2) is 0 Å². The van der Waals surface area contributed by atoms with Crippen molar-refractivity contribution in [2.24, 2.45) is 0 Å². The van der Waals surface area contributed by atoms with Crippen molar-refractivity contribution in [2.45, 2.75) is 17.1 Å². The Bertz CT molecular complexity index is 250. The van der Waals surface area contributed by atoms with Crippen molar-refractivity contribution >= 4 is 11.8 Å². The summed E-state index contributed by atoms with van der Waals surface area (Å²) in [6, 6.07) is 3.85. The Kier molecular flexibility index (Phi) is 2.93. The lowest BCUT2D eigenvalue weighted by Crippen LogP contribution is -2.20. The van der Waals surface area contributed by atoms with Gasteiger partial charge in [0.05, 0.1) is 18.1 Å². The summed E-state index contributed by atoms with van der Waals surface area (Å²) in [5.74, 6) is 1.82. The van der Waals surface area contributed by atoms with Gasteiger partial charge in [-0.15, -0.1) is 11.8 Å². The number of hydrogen-bond donors (Lipinski definition) is 2. The van der Waals surface area contributed by atoms with E-state index in [2.05, 4.69) is 5.32 Å². The Morgan fingerprint density at radius 2 is 2.54 bits per heavy atom. The van der Waals surface area contributed by atoms with Crippen LogP contribution in [0.5, 0.6) is 0 Å². The minimum atomic E-state index is -0.208. The molecule has 0 radical (unpaired) electrons. The van der Waals surface area contributed by atoms with Gasteiger partial charge in [0.25, 0.3) is 0 Å². The Morgan fingerprint density at radius 3 is 3.15 bits per heavy atom. The summed E-state index contributed by atoms with van der Waals surface area (Å²) in [6.45, 7) is 1.61. The van der Waals surface area contributed by atoms with E-state index < -0.39 is 0 Å². The van der Waals surface area contributed by atoms with Gasteiger partial charge in [-0.1, -0.05) is 0 Å². The summed E-state index contributed by atoms with van der Waals surface area (Å²) in [4.78, 5) is 0. The molecule has 13 heavy (non-hydrogen) atoms. The van der Waals surface area contributed by atoms with Crippen molar-refractivity contribution in [1.82, 2.24) is 5.32 Å². The number of furan rings is 1. The van der Waals surface area contributed by atoms with E-state index in [0.29, 0.717) is 5.25 Å². The molecule has 4 heteroatoms. The van der Waals surface area contributed by atoms with Crippen molar-refractivity contribution in [3.63, 3.8) is 0 Å². The Morgan fingerprint density at radius 1 is 1.62 bits per heavy atom. The zero-order chi connectivity index (χ0) is 9.10. The fraction of sp³-hybridized carbons (Fsp3) is 0.556. The first-order chi connectivity index (χ1) is 6.36. The van der Waals surface area contributed by atoms with E-state index >= 15 is 0 Å². The molecule has 2 N–H and O–H groups in total. The molecule has 1 aromatic rings. The fourth-order valence-corrected chi connectivity index (χ4v) is 2.49. The van der Waals surface area contributed by atoms with Gasteiger partial charge < -0.3 is 14.8 Å². The molecule has 0 aromatic carbocycles. The Labute approximate surface area is 81.5 Å². The second kappa shape index (κ2) is 4.17. The van der Waals surface area contributed by atoms with Gasteiger partial charge in [0.1, 0.15) is 5.76 Å². The molecule has 72 valence electrons. The van der Waals surface area contributed by atoms with Crippen LogP contribution in [0, 0.1) is 0 Å². The lowest BCUT2D eigenvalue weighted by atomic mass is 10.3. The monoisotopic (exact) mass is 199 g/mol. The van der Waals surface area contributed by atoms with Gasteiger partial charge in [-0.2, -0.15) is 0 Å². The van der Waals surface area contributed by atoms with E-state index in [4.69, 9.17) is 4.42 Å². The highest BCUT2D eigenvalue weighted by Gasteiger charge is 2.25. The van der Waals surface area contributed by atoms with Crippen LogP contribution in [0.3, 0.4) is 0 Å². The van der Waals surface area contributed by atoms with Crippen LogP contribution in [-0.2, 0) is 5.75 Å². The molecule has 0 saturated carbocycles. The Balaban J connectivity index is 1.79. The van der Waals surface area contributed by atoms with Gasteiger partial charge >= 0.3 is 0 Å². The summed E-state index contributed by atoms with van der Waals surface area (Å²) in [7, 11) is 0. The molecule has 3 nitrogen and oxygen atoms in total. The third-order valence-corrected chi connectivity index (χ3v) is 3.51. The smallest absolute Gasteiger partial charge is 0.113 e. The lowest BCUT2D eigenvalue weighted by molar-refractivity contribution is 0.201. The van der Waals surface area contributed by atoms with E-state index in [-0.39, 0.29) is 6.10 Å². The highest BCUT2D eigenvalue weighted by Crippen LogP contribution is 2.22. The van der Waals surface area contributed by atoms with Crippen molar-refractivity contribution in [3.05, 3.63) is 24.2 Å². The van der Waals surface area contributed by atoms with Crippen molar-refractivity contribution in [2.75, 3.05) is 13.1 Å². The average Bonchev–Trinajstić information content (AvgIpc) is 2.72. The zero-order valence-electron chi connectivity index (χ0n) is 7.27. The first-order valence-corrected chi connectivity index (χ1v) is 5.44. The molecule has 0 aliphatic carbocycles. The maximum Gasteiger partial charge on any atom is 0.113 e. The van der Waals surface area contributed by atoms with Crippen molar-refractivity contribution in [3.8, 4) is 0 Å². The molecular weight excluding hydrogens is 186 g/mol. The van der Waals surface area contributed by atoms with Crippen LogP contribution in [0.25, 0.3) is 0 Å². The summed E-state index contributed by atoms with van der Waals surface area (Å²) < 4.78 is 5.21. The molecule has 0 unspecified atom stereocenters. The summed E-state index contributed by atoms with van der Waals surface area (Å²) in [5.41, 5.74) is 0. The zero-order valence-corrected chi connectivity index (χ0v) is 8.09. The molecule has 1 aromatic heterocycles. The highest BCUT2D eigenvalue weighted by molar-refractivity contribution is 7.99. The first-order valence-electron chi connectivity index (χ1n) is 4.39. The molecule has 0 spiro atoms. The second-order valence-corrected chi connectivity index (χ2v) is 4.38. The minimum Gasteiger partial charge on any atom is -0.468 e. The van der Waals surface area contributed by atoms with E-state index in [0.717, 1.165) is 24.6 Å². The predicted molar refractivity (Wildman–Crippen MR) is 52.7 cm³/mol. The van der Waals surface area contributed by atoms with Crippen LogP contribution in [0.2, 0.25) is 0 Å². The maximum absolute atomic E-state index is 9.50. The fourth-order valence-electron chi connectivity index (χ4n) is 1.39. The number of β-amino-alcohol motifs (C(OH)–C–C–N with tert-alkyl or cyclic N) is 1. The minimum absolute atomic E-state index is 0.208. The largest absolute Gasteiger partial charge is 0.468 e. The van der Waals surface area contributed by atoms with Crippen LogP contribution in [-0.4, -0.2) is 29.5 Å². The van der Waals surface area contributed by atoms with E-state index in [1.165, 1.54) is 0 Å². The average molecular weight is 199 g/mol. The molecule has 1 saturated heterocycles. The van der Waals surface area contributed by atoms with Gasteiger partial charge in [0, 0.05) is 18.3 Å². The SMILES string of the molecule is O[C@@H]1CNC[C@H]1SCc1ccco1. The van der Waals surface area contributed by atoms with Gasteiger partial charge in [0.2, 0.25) is 0 Å². The molecule has 1 aliphatic heterocycles. The first kappa shape index (κ1) is 9.12. The Hall–Kier alpha value is -0.450. The van der Waals surface area contributed by atoms with E-state index in [9.17, 15) is 5.11 Å². The number of rotatable bonds is 3. The standard InChI is InChI=1S/C9H13NO2S/c11-8-4-10-5-9(8)13-6-7-2-1-3-12-7/h1-3,8-11H,4-6H2/t8-,9-/m1/s1. The molecule has 0 amide bonds. The summed E-state index contributed by atoms with van der Waals surface area (Å²) in [6.07, 6.45) is 1.47. The van der Waals surface area contributed by atoms with Crippen molar-refractivity contribution in [1.29, 1.82) is 0 Å². The normalized spacial score (nSPS) is 28.1. The molecule has 1 aliphatic rings. The molecule has 2 atom stereocenters. The van der Waals surface area contributed by atoms with Crippen LogP contribution >= 0.6 is 11.8 Å². The van der Waals surface area contributed by atoms with Crippen LogP contribution in [0.4, 0.5) is 0 Å². The predicted octanol–water partition coefficient (Wildman–Crippen LogP) is 0.846. The molecule has 2 heterocycles. The van der Waals surface area contributed by atoms with Crippen molar-refractivity contribution < 1.29 is 9.52 Å². The second-order valence-electron chi connectivity index (χ2n) is 3.15. The van der Waals surface area contributed by atoms with Crippen LogP contribution < -0.4 is 5.32 Å². The van der Waals surface area contributed by atoms with Gasteiger partial charge in [-0.3, -0.25) is 0 Å². The topological polar surface area (TPSA) is 45.4 Å². The summed E-state index contributed by atoms with van der Waals surface area (Å²) >= 11 is 1.74. The number of aliphatic hydroxyl groups is 1. The molecular formula is C9H13NO2S. The number of hydrogen-bond acceptors (Lipinski definition) is 4. The van der Waals surface area contributed by atoms with Gasteiger partial charge in [-0.05, 0) is 12.1 Å². The number of nitrogens with one attached hydrogen (secondary N) is 1. The third-order valence-electron chi connectivity index (χ3n) is 2.15. The quantitative estimate of drug-likeness (QED) is 0.757. The van der Waals surface area contributed by atoms with E-state index in [1.54, 1.807) is 18.0 Å². The van der Waals surface area contributed by atoms with Gasteiger partial charge in [0.15, 0.2) is 0 Å². The number of thioether (sulfide) groups is 1. The highest BCUT2D eigenvalue weighted by atomic mass is 32.2. The lowest BCUT2D eigenvalue weighted by Gasteiger charge is -2.11. The molecule has 1 fully saturated rings. The van der Waals surface area contributed by atoms with Crippen LogP contribution in [0.15, 0.2) is 22.8 Å². The number of aliphatic hydroxyl groups excluding tert-OH is 1.